The Morgan fingerprint density at radius 2 is 2.00 bits per heavy atom. The number of nitrogens with zero attached hydrogens (tertiary/aromatic N) is 2. The molecule has 0 radical (unpaired) electrons. The summed E-state index contributed by atoms with van der Waals surface area (Å²) in [7, 11) is 1.40. The van der Waals surface area contributed by atoms with Crippen molar-refractivity contribution in [2.75, 3.05) is 24.2 Å². The molecule has 3 N–H and O–H groups in total. The molecule has 0 saturated heterocycles. The van der Waals surface area contributed by atoms with E-state index in [1.165, 1.54) is 11.6 Å². The molecule has 8 heteroatoms. The number of nitrogen functional groups attached to an aromatic ring is 1. The first-order valence-corrected chi connectivity index (χ1v) is 6.92. The standard InChI is InChI=1S/C13H22N4O4/c1-4-8-17-11(14)10(12(19)16(3)13(17)20)15-7-6-9(18)21-5-2/h15H,4-8,14H2,1-3H3. The van der Waals surface area contributed by atoms with Crippen molar-refractivity contribution in [3.8, 4) is 0 Å². The first kappa shape index (κ1) is 16.8. The van der Waals surface area contributed by atoms with E-state index in [2.05, 4.69) is 5.32 Å². The van der Waals surface area contributed by atoms with E-state index in [0.717, 1.165) is 4.57 Å². The van der Waals surface area contributed by atoms with Crippen molar-refractivity contribution < 1.29 is 9.53 Å². The molecule has 0 amide bonds. The van der Waals surface area contributed by atoms with Gasteiger partial charge in [-0.25, -0.2) is 4.79 Å². The van der Waals surface area contributed by atoms with Gasteiger partial charge in [0.2, 0.25) is 0 Å². The van der Waals surface area contributed by atoms with E-state index in [9.17, 15) is 14.4 Å². The summed E-state index contributed by atoms with van der Waals surface area (Å²) in [6, 6.07) is 0. The predicted molar refractivity (Wildman–Crippen MR) is 80.4 cm³/mol. The number of nitrogens with one attached hydrogen (secondary N) is 1. The summed E-state index contributed by atoms with van der Waals surface area (Å²) >= 11 is 0. The highest BCUT2D eigenvalue weighted by Crippen LogP contribution is 2.11. The van der Waals surface area contributed by atoms with Crippen molar-refractivity contribution in [1.29, 1.82) is 0 Å². The van der Waals surface area contributed by atoms with E-state index in [4.69, 9.17) is 10.5 Å². The minimum atomic E-state index is -0.506. The van der Waals surface area contributed by atoms with Gasteiger partial charge in [-0.2, -0.15) is 0 Å². The van der Waals surface area contributed by atoms with Gasteiger partial charge in [0.15, 0.2) is 0 Å². The molecule has 0 unspecified atom stereocenters. The minimum absolute atomic E-state index is 0.0915. The first-order valence-electron chi connectivity index (χ1n) is 6.92. The normalized spacial score (nSPS) is 10.4. The van der Waals surface area contributed by atoms with Gasteiger partial charge < -0.3 is 15.8 Å². The van der Waals surface area contributed by atoms with E-state index in [0.29, 0.717) is 19.6 Å². The quantitative estimate of drug-likeness (QED) is 0.681. The lowest BCUT2D eigenvalue weighted by Gasteiger charge is -2.15. The van der Waals surface area contributed by atoms with Gasteiger partial charge in [-0.1, -0.05) is 6.92 Å². The van der Waals surface area contributed by atoms with Gasteiger partial charge >= 0.3 is 11.7 Å². The Bertz CT molecular complexity index is 618. The van der Waals surface area contributed by atoms with Crippen molar-refractivity contribution in [3.63, 3.8) is 0 Å². The molecule has 1 aromatic rings. The summed E-state index contributed by atoms with van der Waals surface area (Å²) < 4.78 is 7.14. The van der Waals surface area contributed by atoms with Crippen LogP contribution in [0.15, 0.2) is 9.59 Å². The molecule has 0 bridgehead atoms. The summed E-state index contributed by atoms with van der Waals surface area (Å²) in [6.07, 6.45) is 0.827. The molecule has 0 fully saturated rings. The number of hydrogen-bond acceptors (Lipinski definition) is 6. The molecule has 0 spiro atoms. The molecular formula is C13H22N4O4. The fourth-order valence-corrected chi connectivity index (χ4v) is 1.91. The van der Waals surface area contributed by atoms with Crippen LogP contribution in [-0.2, 0) is 23.1 Å². The maximum atomic E-state index is 12.1. The monoisotopic (exact) mass is 298 g/mol. The van der Waals surface area contributed by atoms with Crippen LogP contribution in [0.25, 0.3) is 0 Å². The fraction of sp³-hybridized carbons (Fsp3) is 0.615. The third-order valence-electron chi connectivity index (χ3n) is 2.97. The zero-order chi connectivity index (χ0) is 16.0. The molecule has 1 rings (SSSR count). The van der Waals surface area contributed by atoms with Gasteiger partial charge in [-0.15, -0.1) is 0 Å². The van der Waals surface area contributed by atoms with Gasteiger partial charge in [0.1, 0.15) is 11.5 Å². The summed E-state index contributed by atoms with van der Waals surface area (Å²) in [5.41, 5.74) is 5.07. The van der Waals surface area contributed by atoms with Crippen molar-refractivity contribution in [1.82, 2.24) is 9.13 Å². The number of rotatable bonds is 7. The van der Waals surface area contributed by atoms with Crippen molar-refractivity contribution in [3.05, 3.63) is 20.8 Å². The Balaban J connectivity index is 2.99. The average Bonchev–Trinajstić information content (AvgIpc) is 2.45. The predicted octanol–water partition coefficient (Wildman–Crippen LogP) is -0.0957. The molecule has 0 aliphatic carbocycles. The van der Waals surface area contributed by atoms with E-state index in [1.807, 2.05) is 6.92 Å². The van der Waals surface area contributed by atoms with Crippen molar-refractivity contribution >= 4 is 17.5 Å². The molecule has 118 valence electrons. The molecule has 8 nitrogen and oxygen atoms in total. The van der Waals surface area contributed by atoms with E-state index in [1.54, 1.807) is 6.92 Å². The molecule has 21 heavy (non-hydrogen) atoms. The Labute approximate surface area is 122 Å². The molecule has 0 atom stereocenters. The van der Waals surface area contributed by atoms with Gasteiger partial charge in [-0.3, -0.25) is 18.7 Å². The fourth-order valence-electron chi connectivity index (χ4n) is 1.91. The number of hydrogen-bond donors (Lipinski definition) is 2. The molecule has 0 aliphatic heterocycles. The largest absolute Gasteiger partial charge is 0.466 e. The van der Waals surface area contributed by atoms with E-state index >= 15 is 0 Å². The maximum Gasteiger partial charge on any atom is 0.332 e. The summed E-state index contributed by atoms with van der Waals surface area (Å²) in [5.74, 6) is -0.268. The van der Waals surface area contributed by atoms with Gasteiger partial charge in [0.05, 0.1) is 13.0 Å². The maximum absolute atomic E-state index is 12.1. The second kappa shape index (κ2) is 7.51. The van der Waals surface area contributed by atoms with E-state index < -0.39 is 11.2 Å². The molecule has 1 aromatic heterocycles. The number of ether oxygens (including phenoxy) is 1. The van der Waals surface area contributed by atoms with Gasteiger partial charge in [0, 0.05) is 20.1 Å². The van der Waals surface area contributed by atoms with Crippen LogP contribution in [0.5, 0.6) is 0 Å². The third kappa shape index (κ3) is 3.87. The Hall–Kier alpha value is -2.25. The summed E-state index contributed by atoms with van der Waals surface area (Å²) in [4.78, 5) is 35.3. The van der Waals surface area contributed by atoms with Crippen LogP contribution in [0, 0.1) is 0 Å². The zero-order valence-corrected chi connectivity index (χ0v) is 12.6. The smallest absolute Gasteiger partial charge is 0.332 e. The second-order valence-electron chi connectivity index (χ2n) is 4.54. The third-order valence-corrected chi connectivity index (χ3v) is 2.97. The second-order valence-corrected chi connectivity index (χ2v) is 4.54. The highest BCUT2D eigenvalue weighted by atomic mass is 16.5. The summed E-state index contributed by atoms with van der Waals surface area (Å²) in [6.45, 7) is 4.57. The Morgan fingerprint density at radius 1 is 1.33 bits per heavy atom. The SMILES string of the molecule is CCCn1c(N)c(NCCC(=O)OCC)c(=O)n(C)c1=O. The topological polar surface area (TPSA) is 108 Å². The van der Waals surface area contributed by atoms with E-state index in [-0.39, 0.29) is 30.4 Å². The minimum Gasteiger partial charge on any atom is -0.466 e. The van der Waals surface area contributed by atoms with Crippen LogP contribution < -0.4 is 22.3 Å². The number of anilines is 2. The molecule has 0 saturated carbocycles. The highest BCUT2D eigenvalue weighted by Gasteiger charge is 2.14. The van der Waals surface area contributed by atoms with Crippen LogP contribution in [0.2, 0.25) is 0 Å². The summed E-state index contributed by atoms with van der Waals surface area (Å²) in [5, 5.41) is 2.82. The number of carbonyl (C=O) groups is 1. The lowest BCUT2D eigenvalue weighted by molar-refractivity contribution is -0.142. The lowest BCUT2D eigenvalue weighted by atomic mass is 10.3. The zero-order valence-electron chi connectivity index (χ0n) is 12.6. The molecule has 1 heterocycles. The van der Waals surface area contributed by atoms with Crippen LogP contribution in [0.3, 0.4) is 0 Å². The van der Waals surface area contributed by atoms with Crippen molar-refractivity contribution in [2.24, 2.45) is 7.05 Å². The lowest BCUT2D eigenvalue weighted by Crippen LogP contribution is -2.41. The first-order chi connectivity index (χ1) is 9.93. The van der Waals surface area contributed by atoms with Crippen molar-refractivity contribution in [2.45, 2.75) is 33.2 Å². The van der Waals surface area contributed by atoms with Crippen LogP contribution in [-0.4, -0.2) is 28.3 Å². The molecule has 0 aliphatic rings. The van der Waals surface area contributed by atoms with Gasteiger partial charge in [0.25, 0.3) is 5.56 Å². The van der Waals surface area contributed by atoms with Crippen LogP contribution in [0.4, 0.5) is 11.5 Å². The number of aromatic nitrogens is 2. The number of esters is 1. The highest BCUT2D eigenvalue weighted by molar-refractivity contribution is 5.70. The average molecular weight is 298 g/mol. The Morgan fingerprint density at radius 3 is 2.57 bits per heavy atom. The van der Waals surface area contributed by atoms with Gasteiger partial charge in [-0.05, 0) is 13.3 Å². The van der Waals surface area contributed by atoms with Crippen LogP contribution in [0.1, 0.15) is 26.7 Å². The number of nitrogens with two attached hydrogens (primary N) is 1. The number of carbonyl (C=O) groups excluding carboxylic acids is 1. The van der Waals surface area contributed by atoms with Crippen LogP contribution >= 0.6 is 0 Å². The molecule has 0 aromatic carbocycles. The Kier molecular flexibility index (Phi) is 6.01. The molecular weight excluding hydrogens is 276 g/mol.